The van der Waals surface area contributed by atoms with Crippen LogP contribution in [0.5, 0.6) is 0 Å². The molecule has 0 saturated heterocycles. The minimum atomic E-state index is -0.410. The van der Waals surface area contributed by atoms with Crippen molar-refractivity contribution in [2.45, 2.75) is 12.8 Å². The number of nitrogens with one attached hydrogen (secondary N) is 1. The van der Waals surface area contributed by atoms with Crippen molar-refractivity contribution in [1.82, 2.24) is 5.16 Å². The zero-order valence-corrected chi connectivity index (χ0v) is 15.3. The van der Waals surface area contributed by atoms with Crippen LogP contribution in [0, 0.1) is 0 Å². The molecule has 1 N–H and O–H groups in total. The topological polar surface area (TPSA) is 97.8 Å². The summed E-state index contributed by atoms with van der Waals surface area (Å²) in [6.45, 7) is 0.646. The van der Waals surface area contributed by atoms with Gasteiger partial charge >= 0.3 is 0 Å². The molecule has 1 aliphatic heterocycles. The maximum absolute atomic E-state index is 12.5. The van der Waals surface area contributed by atoms with Gasteiger partial charge in [-0.3, -0.25) is 9.59 Å². The molecule has 3 aromatic rings. The van der Waals surface area contributed by atoms with Crippen molar-refractivity contribution >= 4 is 23.2 Å². The van der Waals surface area contributed by atoms with Gasteiger partial charge in [-0.2, -0.15) is 0 Å². The summed E-state index contributed by atoms with van der Waals surface area (Å²) in [6.07, 6.45) is 3.29. The lowest BCUT2D eigenvalue weighted by Gasteiger charge is -2.29. The molecular weight excluding hydrogens is 362 g/mol. The van der Waals surface area contributed by atoms with E-state index in [0.29, 0.717) is 23.8 Å². The van der Waals surface area contributed by atoms with E-state index in [0.717, 1.165) is 24.1 Å². The smallest absolute Gasteiger partial charge is 0.277 e. The number of furan rings is 1. The number of methoxy groups -OCH3 is 1. The zero-order chi connectivity index (χ0) is 19.5. The number of hydrogen-bond donors (Lipinski definition) is 1. The molecule has 1 aromatic carbocycles. The Bertz CT molecular complexity index is 993. The molecule has 3 heterocycles. The first-order valence-electron chi connectivity index (χ1n) is 8.90. The molecule has 0 bridgehead atoms. The monoisotopic (exact) mass is 381 g/mol. The van der Waals surface area contributed by atoms with Crippen molar-refractivity contribution in [3.63, 3.8) is 0 Å². The molecule has 0 saturated carbocycles. The van der Waals surface area contributed by atoms with Crippen LogP contribution in [0.3, 0.4) is 0 Å². The minimum Gasteiger partial charge on any atom is -0.461 e. The van der Waals surface area contributed by atoms with Crippen molar-refractivity contribution < 1.29 is 23.3 Å². The highest BCUT2D eigenvalue weighted by atomic mass is 16.5. The van der Waals surface area contributed by atoms with Crippen molar-refractivity contribution in [3.8, 4) is 11.5 Å². The average molecular weight is 381 g/mol. The van der Waals surface area contributed by atoms with E-state index in [4.69, 9.17) is 13.7 Å². The van der Waals surface area contributed by atoms with Crippen LogP contribution in [0.15, 0.2) is 51.6 Å². The van der Waals surface area contributed by atoms with Gasteiger partial charge in [0, 0.05) is 31.1 Å². The van der Waals surface area contributed by atoms with Crippen molar-refractivity contribution in [3.05, 3.63) is 53.9 Å². The summed E-state index contributed by atoms with van der Waals surface area (Å²) in [7, 11) is 1.49. The molecule has 0 unspecified atom stereocenters. The number of aromatic nitrogens is 1. The number of benzene rings is 1. The summed E-state index contributed by atoms with van der Waals surface area (Å²) < 4.78 is 15.4. The number of carbonyl (C=O) groups excluding carboxylic acids is 2. The molecule has 28 heavy (non-hydrogen) atoms. The van der Waals surface area contributed by atoms with Gasteiger partial charge in [0.05, 0.1) is 6.26 Å². The summed E-state index contributed by atoms with van der Waals surface area (Å²) in [5.41, 5.74) is 2.57. The first-order valence-corrected chi connectivity index (χ1v) is 8.90. The fourth-order valence-electron chi connectivity index (χ4n) is 3.23. The van der Waals surface area contributed by atoms with Crippen LogP contribution in [0.2, 0.25) is 0 Å². The van der Waals surface area contributed by atoms with Crippen molar-refractivity contribution in [2.24, 2.45) is 0 Å². The van der Waals surface area contributed by atoms with Gasteiger partial charge in [-0.25, -0.2) is 0 Å². The summed E-state index contributed by atoms with van der Waals surface area (Å²) in [4.78, 5) is 26.5. The second-order valence-electron chi connectivity index (χ2n) is 6.43. The minimum absolute atomic E-state index is 0.0184. The van der Waals surface area contributed by atoms with Gasteiger partial charge in [0.1, 0.15) is 6.61 Å². The van der Waals surface area contributed by atoms with Gasteiger partial charge in [0.2, 0.25) is 5.76 Å². The normalized spacial score (nSPS) is 13.2. The Morgan fingerprint density at radius 1 is 1.25 bits per heavy atom. The van der Waals surface area contributed by atoms with E-state index < -0.39 is 5.91 Å². The van der Waals surface area contributed by atoms with Gasteiger partial charge in [-0.05, 0) is 42.7 Å². The Hall–Kier alpha value is -3.39. The second-order valence-corrected chi connectivity index (χ2v) is 6.43. The second kappa shape index (κ2) is 7.69. The van der Waals surface area contributed by atoms with Gasteiger partial charge in [-0.1, -0.05) is 11.2 Å². The number of aryl methyl sites for hydroxylation is 1. The molecule has 0 spiro atoms. The van der Waals surface area contributed by atoms with E-state index >= 15 is 0 Å². The lowest BCUT2D eigenvalue weighted by atomic mass is 10.0. The van der Waals surface area contributed by atoms with Crippen LogP contribution in [0.4, 0.5) is 11.4 Å². The van der Waals surface area contributed by atoms with E-state index in [1.165, 1.54) is 19.4 Å². The Labute approximate surface area is 161 Å². The molecule has 0 fully saturated rings. The van der Waals surface area contributed by atoms with Crippen LogP contribution in [-0.2, 0) is 16.0 Å². The third-order valence-corrected chi connectivity index (χ3v) is 4.54. The number of nitrogens with zero attached hydrogens (tertiary/aromatic N) is 2. The maximum atomic E-state index is 12.5. The molecule has 4 rings (SSSR count). The lowest BCUT2D eigenvalue weighted by Crippen LogP contribution is -2.37. The standard InChI is InChI=1S/C20H19N3O5/c1-26-12-19(24)23-8-2-4-13-6-7-14(10-16(13)23)21-20(25)15-11-18(28-22-15)17-5-3-9-27-17/h3,5-7,9-11H,2,4,8,12H2,1H3,(H,21,25). The number of carbonyl (C=O) groups is 2. The fourth-order valence-corrected chi connectivity index (χ4v) is 3.23. The highest BCUT2D eigenvalue weighted by Gasteiger charge is 2.23. The predicted molar refractivity (Wildman–Crippen MR) is 101 cm³/mol. The van der Waals surface area contributed by atoms with Crippen molar-refractivity contribution in [2.75, 3.05) is 30.5 Å². The molecule has 8 nitrogen and oxygen atoms in total. The molecule has 8 heteroatoms. The fraction of sp³-hybridized carbons (Fsp3) is 0.250. The number of hydrogen-bond acceptors (Lipinski definition) is 6. The van der Waals surface area contributed by atoms with E-state index in [2.05, 4.69) is 10.5 Å². The van der Waals surface area contributed by atoms with E-state index in [-0.39, 0.29) is 18.2 Å². The van der Waals surface area contributed by atoms with Gasteiger partial charge in [0.25, 0.3) is 11.8 Å². The van der Waals surface area contributed by atoms with Crippen LogP contribution < -0.4 is 10.2 Å². The zero-order valence-electron chi connectivity index (χ0n) is 15.3. The Kier molecular flexibility index (Phi) is 4.94. The highest BCUT2D eigenvalue weighted by Crippen LogP contribution is 2.30. The molecular formula is C20H19N3O5. The largest absolute Gasteiger partial charge is 0.461 e. The number of fused-ring (bicyclic) bond motifs is 1. The van der Waals surface area contributed by atoms with Crippen LogP contribution in [0.1, 0.15) is 22.5 Å². The van der Waals surface area contributed by atoms with Crippen LogP contribution in [-0.4, -0.2) is 37.2 Å². The van der Waals surface area contributed by atoms with E-state index in [9.17, 15) is 9.59 Å². The first kappa shape index (κ1) is 18.0. The molecule has 0 radical (unpaired) electrons. The molecule has 0 aliphatic carbocycles. The molecule has 0 atom stereocenters. The number of anilines is 2. The summed E-state index contributed by atoms with van der Waals surface area (Å²) >= 11 is 0. The SMILES string of the molecule is COCC(=O)N1CCCc2ccc(NC(=O)c3cc(-c4ccco4)on3)cc21. The van der Waals surface area contributed by atoms with E-state index in [1.54, 1.807) is 23.1 Å². The summed E-state index contributed by atoms with van der Waals surface area (Å²) in [5.74, 6) is 0.350. The average Bonchev–Trinajstić information content (AvgIpc) is 3.39. The summed E-state index contributed by atoms with van der Waals surface area (Å²) in [5, 5.41) is 6.59. The quantitative estimate of drug-likeness (QED) is 0.729. The third kappa shape index (κ3) is 3.54. The Morgan fingerprint density at radius 2 is 2.14 bits per heavy atom. The van der Waals surface area contributed by atoms with Gasteiger partial charge < -0.3 is 23.9 Å². The molecule has 1 aliphatic rings. The lowest BCUT2D eigenvalue weighted by molar-refractivity contribution is -0.122. The third-order valence-electron chi connectivity index (χ3n) is 4.54. The van der Waals surface area contributed by atoms with Crippen LogP contribution in [0.25, 0.3) is 11.5 Å². The molecule has 2 amide bonds. The highest BCUT2D eigenvalue weighted by molar-refractivity contribution is 6.04. The Morgan fingerprint density at radius 3 is 2.93 bits per heavy atom. The van der Waals surface area contributed by atoms with Gasteiger partial charge in [-0.15, -0.1) is 0 Å². The number of rotatable bonds is 5. The van der Waals surface area contributed by atoms with Crippen molar-refractivity contribution in [1.29, 1.82) is 0 Å². The van der Waals surface area contributed by atoms with Crippen LogP contribution >= 0.6 is 0 Å². The number of amides is 2. The predicted octanol–water partition coefficient (Wildman–Crippen LogP) is 3.11. The first-order chi connectivity index (χ1) is 13.7. The maximum Gasteiger partial charge on any atom is 0.277 e. The Balaban J connectivity index is 1.53. The summed E-state index contributed by atoms with van der Waals surface area (Å²) in [6, 6.07) is 10.5. The molecule has 2 aromatic heterocycles. The number of ether oxygens (including phenoxy) is 1. The van der Waals surface area contributed by atoms with E-state index in [1.807, 2.05) is 12.1 Å². The van der Waals surface area contributed by atoms with Gasteiger partial charge in [0.15, 0.2) is 11.5 Å². The molecule has 144 valence electrons.